The fraction of sp³-hybridized carbons (Fsp3) is 0.750. The standard InChI is InChI=1S/C12H18N2O4/c15-9-5-4-8(13-9)10(16)14-12(11(17)18)6-2-1-3-7-12/h8H,1-7H2,(H,13,15)(H,14,16)(H,17,18)/t8-/m1/s1. The van der Waals surface area contributed by atoms with Crippen molar-refractivity contribution in [2.45, 2.75) is 56.5 Å². The first-order valence-electron chi connectivity index (χ1n) is 6.38. The summed E-state index contributed by atoms with van der Waals surface area (Å²) in [5, 5.41) is 14.5. The number of carboxylic acid groups (broad SMARTS) is 1. The normalized spacial score (nSPS) is 26.4. The molecule has 1 saturated heterocycles. The summed E-state index contributed by atoms with van der Waals surface area (Å²) >= 11 is 0. The number of carboxylic acids is 1. The van der Waals surface area contributed by atoms with Gasteiger partial charge in [-0.05, 0) is 19.3 Å². The predicted molar refractivity (Wildman–Crippen MR) is 62.8 cm³/mol. The van der Waals surface area contributed by atoms with Crippen molar-refractivity contribution in [2.75, 3.05) is 0 Å². The SMILES string of the molecule is O=C1CC[C@H](C(=O)NC2(C(=O)O)CCCCC2)N1. The third kappa shape index (κ3) is 2.47. The second-order valence-electron chi connectivity index (χ2n) is 5.10. The van der Waals surface area contributed by atoms with Crippen molar-refractivity contribution >= 4 is 17.8 Å². The average molecular weight is 254 g/mol. The van der Waals surface area contributed by atoms with E-state index < -0.39 is 17.6 Å². The van der Waals surface area contributed by atoms with Crippen molar-refractivity contribution in [2.24, 2.45) is 0 Å². The van der Waals surface area contributed by atoms with Gasteiger partial charge >= 0.3 is 5.97 Å². The van der Waals surface area contributed by atoms with E-state index in [4.69, 9.17) is 0 Å². The fourth-order valence-corrected chi connectivity index (χ4v) is 2.68. The van der Waals surface area contributed by atoms with Crippen LogP contribution in [0.15, 0.2) is 0 Å². The minimum absolute atomic E-state index is 0.150. The van der Waals surface area contributed by atoms with Gasteiger partial charge in [-0.15, -0.1) is 0 Å². The molecule has 1 aliphatic heterocycles. The van der Waals surface area contributed by atoms with E-state index in [0.29, 0.717) is 25.7 Å². The molecule has 2 rings (SSSR count). The van der Waals surface area contributed by atoms with Crippen molar-refractivity contribution in [3.05, 3.63) is 0 Å². The minimum atomic E-state index is -1.14. The first-order valence-corrected chi connectivity index (χ1v) is 6.38. The minimum Gasteiger partial charge on any atom is -0.480 e. The molecule has 2 amide bonds. The van der Waals surface area contributed by atoms with Crippen LogP contribution in [0.4, 0.5) is 0 Å². The van der Waals surface area contributed by atoms with E-state index in [1.807, 2.05) is 0 Å². The van der Waals surface area contributed by atoms with Gasteiger partial charge in [-0.1, -0.05) is 19.3 Å². The molecule has 0 aromatic carbocycles. The quantitative estimate of drug-likeness (QED) is 0.669. The number of carbonyl (C=O) groups excluding carboxylic acids is 2. The Morgan fingerprint density at radius 3 is 2.44 bits per heavy atom. The molecule has 0 unspecified atom stereocenters. The Balaban J connectivity index is 2.02. The van der Waals surface area contributed by atoms with E-state index in [-0.39, 0.29) is 11.8 Å². The fourth-order valence-electron chi connectivity index (χ4n) is 2.68. The summed E-state index contributed by atoms with van der Waals surface area (Å²) < 4.78 is 0. The zero-order valence-corrected chi connectivity index (χ0v) is 10.2. The number of hydrogen-bond acceptors (Lipinski definition) is 3. The number of rotatable bonds is 3. The van der Waals surface area contributed by atoms with Crippen LogP contribution in [0.3, 0.4) is 0 Å². The van der Waals surface area contributed by atoms with Crippen LogP contribution in [0, 0.1) is 0 Å². The van der Waals surface area contributed by atoms with Crippen LogP contribution in [-0.4, -0.2) is 34.5 Å². The molecule has 0 radical (unpaired) electrons. The van der Waals surface area contributed by atoms with E-state index in [9.17, 15) is 19.5 Å². The number of carbonyl (C=O) groups is 3. The van der Waals surface area contributed by atoms with Gasteiger partial charge in [0, 0.05) is 6.42 Å². The highest BCUT2D eigenvalue weighted by Gasteiger charge is 2.42. The molecule has 2 fully saturated rings. The molecule has 18 heavy (non-hydrogen) atoms. The molecule has 1 saturated carbocycles. The molecule has 1 heterocycles. The molecular formula is C12H18N2O4. The number of aliphatic carboxylic acids is 1. The van der Waals surface area contributed by atoms with Crippen LogP contribution >= 0.6 is 0 Å². The van der Waals surface area contributed by atoms with Gasteiger partial charge in [0.1, 0.15) is 11.6 Å². The Hall–Kier alpha value is -1.59. The first kappa shape index (κ1) is 12.9. The van der Waals surface area contributed by atoms with Crippen LogP contribution in [0.1, 0.15) is 44.9 Å². The Morgan fingerprint density at radius 2 is 1.94 bits per heavy atom. The molecule has 100 valence electrons. The smallest absolute Gasteiger partial charge is 0.329 e. The highest BCUT2D eigenvalue weighted by molar-refractivity contribution is 5.94. The third-order valence-corrected chi connectivity index (χ3v) is 3.79. The highest BCUT2D eigenvalue weighted by atomic mass is 16.4. The Kier molecular flexibility index (Phi) is 3.54. The maximum atomic E-state index is 12.0. The molecule has 3 N–H and O–H groups in total. The molecule has 0 spiro atoms. The van der Waals surface area contributed by atoms with Gasteiger partial charge in [0.2, 0.25) is 11.8 Å². The van der Waals surface area contributed by atoms with Crippen molar-refractivity contribution in [1.82, 2.24) is 10.6 Å². The van der Waals surface area contributed by atoms with Gasteiger partial charge in [0.05, 0.1) is 0 Å². The van der Waals surface area contributed by atoms with Gasteiger partial charge in [0.25, 0.3) is 0 Å². The van der Waals surface area contributed by atoms with Crippen LogP contribution in [-0.2, 0) is 14.4 Å². The van der Waals surface area contributed by atoms with Crippen LogP contribution in [0.5, 0.6) is 0 Å². The lowest BCUT2D eigenvalue weighted by molar-refractivity contribution is -0.149. The monoisotopic (exact) mass is 254 g/mol. The summed E-state index contributed by atoms with van der Waals surface area (Å²) in [7, 11) is 0. The Morgan fingerprint density at radius 1 is 1.28 bits per heavy atom. The third-order valence-electron chi connectivity index (χ3n) is 3.79. The molecule has 6 heteroatoms. The van der Waals surface area contributed by atoms with E-state index in [1.54, 1.807) is 0 Å². The van der Waals surface area contributed by atoms with E-state index in [2.05, 4.69) is 10.6 Å². The lowest BCUT2D eigenvalue weighted by Crippen LogP contribution is -2.59. The van der Waals surface area contributed by atoms with Gasteiger partial charge in [-0.25, -0.2) is 4.79 Å². The highest BCUT2D eigenvalue weighted by Crippen LogP contribution is 2.28. The average Bonchev–Trinajstić information content (AvgIpc) is 2.77. The van der Waals surface area contributed by atoms with Crippen molar-refractivity contribution in [3.8, 4) is 0 Å². The largest absolute Gasteiger partial charge is 0.480 e. The molecule has 0 aromatic heterocycles. The molecule has 6 nitrogen and oxygen atoms in total. The molecule has 0 bridgehead atoms. The predicted octanol–water partition coefficient (Wildman–Crippen LogP) is 0.169. The molecule has 1 aliphatic carbocycles. The maximum Gasteiger partial charge on any atom is 0.329 e. The molecule has 0 aromatic rings. The summed E-state index contributed by atoms with van der Waals surface area (Å²) in [5.41, 5.74) is -1.14. The Bertz CT molecular complexity index is 374. The summed E-state index contributed by atoms with van der Waals surface area (Å²) in [4.78, 5) is 34.4. The summed E-state index contributed by atoms with van der Waals surface area (Å²) in [6, 6.07) is -0.573. The van der Waals surface area contributed by atoms with E-state index in [1.165, 1.54) is 0 Å². The number of nitrogens with one attached hydrogen (secondary N) is 2. The molecular weight excluding hydrogens is 236 g/mol. The Labute approximate surface area is 105 Å². The zero-order chi connectivity index (χ0) is 13.2. The van der Waals surface area contributed by atoms with Crippen molar-refractivity contribution < 1.29 is 19.5 Å². The lowest BCUT2D eigenvalue weighted by Gasteiger charge is -2.34. The van der Waals surface area contributed by atoms with Gasteiger partial charge in [-0.3, -0.25) is 9.59 Å². The molecule has 1 atom stereocenters. The van der Waals surface area contributed by atoms with Crippen molar-refractivity contribution in [1.29, 1.82) is 0 Å². The first-order chi connectivity index (χ1) is 8.53. The van der Waals surface area contributed by atoms with Gasteiger partial charge in [-0.2, -0.15) is 0 Å². The van der Waals surface area contributed by atoms with Crippen LogP contribution in [0.2, 0.25) is 0 Å². The second-order valence-corrected chi connectivity index (χ2v) is 5.10. The summed E-state index contributed by atoms with van der Waals surface area (Å²) in [6.07, 6.45) is 4.33. The van der Waals surface area contributed by atoms with E-state index >= 15 is 0 Å². The van der Waals surface area contributed by atoms with Crippen LogP contribution in [0.25, 0.3) is 0 Å². The number of amides is 2. The lowest BCUT2D eigenvalue weighted by atomic mass is 9.81. The number of hydrogen-bond donors (Lipinski definition) is 3. The van der Waals surface area contributed by atoms with Gasteiger partial charge in [0.15, 0.2) is 0 Å². The molecule has 2 aliphatic rings. The topological polar surface area (TPSA) is 95.5 Å². The second kappa shape index (κ2) is 4.96. The summed E-state index contributed by atoms with van der Waals surface area (Å²) in [6.45, 7) is 0. The maximum absolute atomic E-state index is 12.0. The van der Waals surface area contributed by atoms with Crippen LogP contribution < -0.4 is 10.6 Å². The van der Waals surface area contributed by atoms with E-state index in [0.717, 1.165) is 19.3 Å². The zero-order valence-electron chi connectivity index (χ0n) is 10.2. The van der Waals surface area contributed by atoms with Crippen molar-refractivity contribution in [3.63, 3.8) is 0 Å². The summed E-state index contributed by atoms with van der Waals surface area (Å²) in [5.74, 6) is -1.49. The van der Waals surface area contributed by atoms with Gasteiger partial charge < -0.3 is 15.7 Å².